The van der Waals surface area contributed by atoms with E-state index in [1.807, 2.05) is 54.6 Å². The summed E-state index contributed by atoms with van der Waals surface area (Å²) in [5, 5.41) is 7.53. The SMILES string of the molecule is COc1ccc([C@@H]2c3c(ccc4ccccc34)Oc3ncn4nc(CSc5nc6ccccc6o5)nc4c32)cc1OC. The van der Waals surface area contributed by atoms with Gasteiger partial charge in [0.1, 0.15) is 17.6 Å². The molecule has 42 heavy (non-hydrogen) atoms. The van der Waals surface area contributed by atoms with E-state index in [0.717, 1.165) is 44.3 Å². The number of rotatable bonds is 6. The number of hydrogen-bond donors (Lipinski definition) is 0. The summed E-state index contributed by atoms with van der Waals surface area (Å²) >= 11 is 1.45. The number of thioether (sulfide) groups is 1. The Balaban J connectivity index is 1.28. The zero-order chi connectivity index (χ0) is 28.2. The largest absolute Gasteiger partial charge is 0.493 e. The number of benzene rings is 4. The molecular weight excluding hydrogens is 550 g/mol. The van der Waals surface area contributed by atoms with Crippen molar-refractivity contribution < 1.29 is 18.6 Å². The van der Waals surface area contributed by atoms with Crippen LogP contribution in [0.3, 0.4) is 0 Å². The van der Waals surface area contributed by atoms with Crippen LogP contribution >= 0.6 is 11.8 Å². The molecule has 0 unspecified atom stereocenters. The van der Waals surface area contributed by atoms with Gasteiger partial charge in [0, 0.05) is 11.5 Å². The fourth-order valence-electron chi connectivity index (χ4n) is 5.61. The highest BCUT2D eigenvalue weighted by atomic mass is 32.2. The van der Waals surface area contributed by atoms with Gasteiger partial charge in [0.25, 0.3) is 5.22 Å². The van der Waals surface area contributed by atoms with Crippen molar-refractivity contribution in [2.45, 2.75) is 16.9 Å². The lowest BCUT2D eigenvalue weighted by Crippen LogP contribution is -2.15. The van der Waals surface area contributed by atoms with Gasteiger partial charge in [0.05, 0.1) is 25.5 Å². The minimum atomic E-state index is -0.257. The van der Waals surface area contributed by atoms with Crippen LogP contribution in [0.5, 0.6) is 23.1 Å². The summed E-state index contributed by atoms with van der Waals surface area (Å²) in [6.45, 7) is 0. The molecule has 8 rings (SSSR count). The topological polar surface area (TPSA) is 96.8 Å². The van der Waals surface area contributed by atoms with Crippen LogP contribution in [0.15, 0.2) is 94.8 Å². The average molecular weight is 574 g/mol. The van der Waals surface area contributed by atoms with Crippen molar-refractivity contribution in [2.75, 3.05) is 14.2 Å². The lowest BCUT2D eigenvalue weighted by Gasteiger charge is -2.29. The second-order valence-electron chi connectivity index (χ2n) is 9.84. The maximum absolute atomic E-state index is 6.44. The number of fused-ring (bicyclic) bond motifs is 7. The van der Waals surface area contributed by atoms with Crippen molar-refractivity contribution in [3.8, 4) is 23.1 Å². The van der Waals surface area contributed by atoms with Gasteiger partial charge in [-0.1, -0.05) is 60.3 Å². The zero-order valence-electron chi connectivity index (χ0n) is 22.6. The molecule has 0 saturated carbocycles. The van der Waals surface area contributed by atoms with Gasteiger partial charge in [0.15, 0.2) is 28.6 Å². The third kappa shape index (κ3) is 3.94. The molecule has 10 heteroatoms. The summed E-state index contributed by atoms with van der Waals surface area (Å²) in [4.78, 5) is 14.2. The van der Waals surface area contributed by atoms with Crippen LogP contribution in [0.1, 0.15) is 28.4 Å². The first kappa shape index (κ1) is 24.7. The standard InChI is InChI=1S/C32H23N5O4S/c1-38-23-13-12-19(15-25(23)39-2)27-28-20-8-4-3-7-18(20)11-14-24(28)40-31-29(27)30-35-26(36-37(30)17-33-31)16-42-32-34-21-9-5-6-10-22(21)41-32/h3-15,17,27H,16H2,1-2H3/t27-/m1/s1. The van der Waals surface area contributed by atoms with Crippen molar-refractivity contribution in [2.24, 2.45) is 0 Å². The number of methoxy groups -OCH3 is 2. The number of oxazole rings is 1. The zero-order valence-corrected chi connectivity index (χ0v) is 23.5. The first-order valence-electron chi connectivity index (χ1n) is 13.3. The fourth-order valence-corrected chi connectivity index (χ4v) is 6.30. The van der Waals surface area contributed by atoms with E-state index in [1.165, 1.54) is 11.8 Å². The highest BCUT2D eigenvalue weighted by molar-refractivity contribution is 7.98. The highest BCUT2D eigenvalue weighted by Crippen LogP contribution is 2.51. The number of aromatic nitrogens is 5. The second-order valence-corrected chi connectivity index (χ2v) is 10.8. The monoisotopic (exact) mass is 573 g/mol. The number of nitrogens with zero attached hydrogens (tertiary/aromatic N) is 5. The fraction of sp³-hybridized carbons (Fsp3) is 0.125. The van der Waals surface area contributed by atoms with E-state index < -0.39 is 0 Å². The smallest absolute Gasteiger partial charge is 0.257 e. The van der Waals surface area contributed by atoms with E-state index in [1.54, 1.807) is 25.1 Å². The molecule has 0 N–H and O–H groups in total. The summed E-state index contributed by atoms with van der Waals surface area (Å²) in [6.07, 6.45) is 1.65. The van der Waals surface area contributed by atoms with Crippen LogP contribution in [-0.4, -0.2) is 38.8 Å². The van der Waals surface area contributed by atoms with Crippen LogP contribution < -0.4 is 14.2 Å². The van der Waals surface area contributed by atoms with Crippen LogP contribution in [0.2, 0.25) is 0 Å². The molecular formula is C32H23N5O4S. The lowest BCUT2D eigenvalue weighted by atomic mass is 9.81. The normalized spacial score (nSPS) is 14.1. The van der Waals surface area contributed by atoms with E-state index in [2.05, 4.69) is 34.2 Å². The van der Waals surface area contributed by atoms with Gasteiger partial charge in [-0.25, -0.2) is 19.5 Å². The molecule has 0 aliphatic carbocycles. The molecule has 0 saturated heterocycles. The molecule has 206 valence electrons. The Labute approximate surface area is 244 Å². The molecule has 4 aromatic carbocycles. The Morgan fingerprint density at radius 1 is 0.881 bits per heavy atom. The van der Waals surface area contributed by atoms with Crippen LogP contribution in [0.25, 0.3) is 27.5 Å². The third-order valence-electron chi connectivity index (χ3n) is 7.49. The predicted molar refractivity (Wildman–Crippen MR) is 159 cm³/mol. The van der Waals surface area contributed by atoms with Gasteiger partial charge in [-0.3, -0.25) is 0 Å². The number of ether oxygens (including phenoxy) is 3. The molecule has 3 aromatic heterocycles. The first-order valence-corrected chi connectivity index (χ1v) is 14.3. The molecule has 0 fully saturated rings. The van der Waals surface area contributed by atoms with Gasteiger partial charge >= 0.3 is 0 Å². The van der Waals surface area contributed by atoms with E-state index >= 15 is 0 Å². The van der Waals surface area contributed by atoms with Gasteiger partial charge in [-0.2, -0.15) is 0 Å². The summed E-state index contributed by atoms with van der Waals surface area (Å²) in [5.74, 6) is 3.40. The average Bonchev–Trinajstić information content (AvgIpc) is 3.66. The highest BCUT2D eigenvalue weighted by Gasteiger charge is 2.35. The predicted octanol–water partition coefficient (Wildman–Crippen LogP) is 7.01. The lowest BCUT2D eigenvalue weighted by molar-refractivity contribution is 0.354. The maximum atomic E-state index is 6.44. The van der Waals surface area contributed by atoms with E-state index in [-0.39, 0.29) is 5.92 Å². The molecule has 1 atom stereocenters. The van der Waals surface area contributed by atoms with Crippen LogP contribution in [0.4, 0.5) is 0 Å². The van der Waals surface area contributed by atoms with Gasteiger partial charge in [-0.15, -0.1) is 5.10 Å². The third-order valence-corrected chi connectivity index (χ3v) is 8.31. The summed E-state index contributed by atoms with van der Waals surface area (Å²) < 4.78 is 25.3. The van der Waals surface area contributed by atoms with Crippen molar-refractivity contribution in [1.29, 1.82) is 0 Å². The summed E-state index contributed by atoms with van der Waals surface area (Å²) in [7, 11) is 3.27. The van der Waals surface area contributed by atoms with Crippen molar-refractivity contribution in [3.63, 3.8) is 0 Å². The molecule has 1 aliphatic rings. The number of para-hydroxylation sites is 2. The Kier molecular flexibility index (Phi) is 5.75. The Morgan fingerprint density at radius 2 is 1.74 bits per heavy atom. The number of hydrogen-bond acceptors (Lipinski definition) is 9. The summed E-state index contributed by atoms with van der Waals surface area (Å²) in [6, 6.07) is 26.1. The Hall–Kier alpha value is -5.09. The van der Waals surface area contributed by atoms with E-state index in [4.69, 9.17) is 28.7 Å². The molecule has 0 spiro atoms. The van der Waals surface area contributed by atoms with Crippen molar-refractivity contribution in [3.05, 3.63) is 108 Å². The van der Waals surface area contributed by atoms with Gasteiger partial charge in [-0.05, 0) is 46.7 Å². The van der Waals surface area contributed by atoms with E-state index in [9.17, 15) is 0 Å². The Bertz CT molecular complexity index is 2110. The second kappa shape index (κ2) is 9.78. The van der Waals surface area contributed by atoms with Gasteiger partial charge in [0.2, 0.25) is 5.88 Å². The maximum Gasteiger partial charge on any atom is 0.257 e. The molecule has 0 radical (unpaired) electrons. The molecule has 4 heterocycles. The molecule has 0 amide bonds. The van der Waals surface area contributed by atoms with Crippen LogP contribution in [0, 0.1) is 0 Å². The Morgan fingerprint density at radius 3 is 2.62 bits per heavy atom. The molecule has 9 nitrogen and oxygen atoms in total. The van der Waals surface area contributed by atoms with Crippen LogP contribution in [-0.2, 0) is 5.75 Å². The van der Waals surface area contributed by atoms with Crippen molar-refractivity contribution in [1.82, 2.24) is 24.6 Å². The van der Waals surface area contributed by atoms with Crippen molar-refractivity contribution >= 4 is 39.3 Å². The molecule has 7 aromatic rings. The minimum Gasteiger partial charge on any atom is -0.493 e. The molecule has 0 bridgehead atoms. The first-order chi connectivity index (χ1) is 20.7. The summed E-state index contributed by atoms with van der Waals surface area (Å²) in [5.41, 5.74) is 5.11. The minimum absolute atomic E-state index is 0.257. The van der Waals surface area contributed by atoms with E-state index in [0.29, 0.717) is 39.8 Å². The quantitative estimate of drug-likeness (QED) is 0.195. The van der Waals surface area contributed by atoms with Gasteiger partial charge < -0.3 is 18.6 Å². The molecule has 1 aliphatic heterocycles.